The number of nitro groups is 1. The largest absolute Gasteiger partial charge is 0.465 e. The summed E-state index contributed by atoms with van der Waals surface area (Å²) in [7, 11) is 1.18. The molecule has 1 aliphatic rings. The third kappa shape index (κ3) is 6.18. The number of rotatable bonds is 5. The summed E-state index contributed by atoms with van der Waals surface area (Å²) in [6.45, 7) is 6.85. The smallest absolute Gasteiger partial charge is 0.410 e. The number of hydrogen-bond acceptors (Lipinski definition) is 7. The van der Waals surface area contributed by atoms with Crippen molar-refractivity contribution in [1.82, 2.24) is 4.90 Å². The van der Waals surface area contributed by atoms with Gasteiger partial charge in [0.15, 0.2) is 0 Å². The Bertz CT molecular complexity index is 1080. The van der Waals surface area contributed by atoms with E-state index in [1.165, 1.54) is 25.5 Å². The van der Waals surface area contributed by atoms with Gasteiger partial charge in [-0.1, -0.05) is 18.2 Å². The summed E-state index contributed by atoms with van der Waals surface area (Å²) in [4.78, 5) is 41.1. The van der Waals surface area contributed by atoms with E-state index in [0.717, 1.165) is 18.4 Å². The van der Waals surface area contributed by atoms with Gasteiger partial charge in [-0.25, -0.2) is 9.59 Å². The second kappa shape index (κ2) is 10.5. The molecule has 0 aliphatic carbocycles. The van der Waals surface area contributed by atoms with Crippen LogP contribution >= 0.6 is 0 Å². The predicted octanol–water partition coefficient (Wildman–Crippen LogP) is 5.25. The number of nitrogens with zero attached hydrogens (tertiary/aromatic N) is 3. The zero-order valence-electron chi connectivity index (χ0n) is 19.8. The molecule has 1 saturated heterocycles. The zero-order valence-corrected chi connectivity index (χ0v) is 19.8. The topological polar surface area (TPSA) is 111 Å². The third-order valence-electron chi connectivity index (χ3n) is 5.52. The maximum atomic E-state index is 12.3. The molecule has 0 bridgehead atoms. The second-order valence-electron chi connectivity index (χ2n) is 9.08. The van der Waals surface area contributed by atoms with Crippen LogP contribution < -0.4 is 0 Å². The minimum absolute atomic E-state index is 0.121. The monoisotopic (exact) mass is 467 g/mol. The number of carbonyl (C=O) groups is 2. The molecule has 1 aliphatic heterocycles. The lowest BCUT2D eigenvalue weighted by Gasteiger charge is -2.33. The SMILES string of the molecule is COC(=O)c1cccc(C=Nc2ccc(C3CCN(C(=O)OC(C)(C)C)CC3)cc2)c1[N+](=O)[O-]. The van der Waals surface area contributed by atoms with E-state index < -0.39 is 16.5 Å². The number of hydrogen-bond donors (Lipinski definition) is 0. The summed E-state index contributed by atoms with van der Waals surface area (Å²) in [5, 5.41) is 11.5. The summed E-state index contributed by atoms with van der Waals surface area (Å²) < 4.78 is 10.1. The standard InChI is InChI=1S/C25H29N3O6/c1-25(2,3)34-24(30)27-14-12-18(13-15-27)17-8-10-20(11-9-17)26-16-19-6-5-7-21(23(29)33-4)22(19)28(31)32/h5-11,16,18H,12-15H2,1-4H3. The average molecular weight is 468 g/mol. The van der Waals surface area contributed by atoms with Gasteiger partial charge >= 0.3 is 12.1 Å². The van der Waals surface area contributed by atoms with Crippen molar-refractivity contribution in [2.45, 2.75) is 45.1 Å². The highest BCUT2D eigenvalue weighted by molar-refractivity contribution is 5.99. The van der Waals surface area contributed by atoms with Crippen LogP contribution in [0.4, 0.5) is 16.2 Å². The minimum atomic E-state index is -0.774. The maximum Gasteiger partial charge on any atom is 0.410 e. The quantitative estimate of drug-likeness (QED) is 0.257. The van der Waals surface area contributed by atoms with Gasteiger partial charge in [-0.15, -0.1) is 0 Å². The van der Waals surface area contributed by atoms with Gasteiger partial charge in [-0.3, -0.25) is 15.1 Å². The van der Waals surface area contributed by atoms with E-state index in [1.807, 2.05) is 45.0 Å². The lowest BCUT2D eigenvalue weighted by molar-refractivity contribution is -0.385. The van der Waals surface area contributed by atoms with Gasteiger partial charge in [0.1, 0.15) is 11.2 Å². The molecule has 2 aromatic rings. The Labute approximate surface area is 198 Å². The van der Waals surface area contributed by atoms with Crippen LogP contribution in [0, 0.1) is 10.1 Å². The van der Waals surface area contributed by atoms with Crippen LogP contribution in [-0.2, 0) is 9.47 Å². The Kier molecular flexibility index (Phi) is 7.65. The molecule has 9 nitrogen and oxygen atoms in total. The lowest BCUT2D eigenvalue weighted by atomic mass is 9.89. The first-order valence-corrected chi connectivity index (χ1v) is 11.1. The fourth-order valence-electron chi connectivity index (χ4n) is 3.84. The maximum absolute atomic E-state index is 12.3. The second-order valence-corrected chi connectivity index (χ2v) is 9.08. The Morgan fingerprint density at radius 1 is 1.12 bits per heavy atom. The van der Waals surface area contributed by atoms with Crippen LogP contribution in [0.1, 0.15) is 61.0 Å². The van der Waals surface area contributed by atoms with Crippen LogP contribution in [0.3, 0.4) is 0 Å². The molecule has 0 atom stereocenters. The first-order valence-electron chi connectivity index (χ1n) is 11.1. The number of methoxy groups -OCH3 is 1. The van der Waals surface area contributed by atoms with Crippen LogP contribution in [0.15, 0.2) is 47.5 Å². The molecule has 1 amide bonds. The van der Waals surface area contributed by atoms with E-state index in [2.05, 4.69) is 9.73 Å². The van der Waals surface area contributed by atoms with Gasteiger partial charge in [-0.05, 0) is 69.4 Å². The molecule has 9 heteroatoms. The summed E-state index contributed by atoms with van der Waals surface area (Å²) in [6, 6.07) is 12.1. The van der Waals surface area contributed by atoms with E-state index in [0.29, 0.717) is 24.7 Å². The Hall–Kier alpha value is -3.75. The van der Waals surface area contributed by atoms with E-state index in [1.54, 1.807) is 11.0 Å². The number of carbonyl (C=O) groups excluding carboxylic acids is 2. The van der Waals surface area contributed by atoms with Gasteiger partial charge in [-0.2, -0.15) is 0 Å². The van der Waals surface area contributed by atoms with Crippen molar-refractivity contribution < 1.29 is 24.0 Å². The molecular weight excluding hydrogens is 438 g/mol. The van der Waals surface area contributed by atoms with Crippen molar-refractivity contribution in [2.24, 2.45) is 4.99 Å². The van der Waals surface area contributed by atoms with Gasteiger partial charge in [0.25, 0.3) is 5.69 Å². The summed E-state index contributed by atoms with van der Waals surface area (Å²) in [6.07, 6.45) is 2.78. The predicted molar refractivity (Wildman–Crippen MR) is 128 cm³/mol. The highest BCUT2D eigenvalue weighted by Gasteiger charge is 2.27. The van der Waals surface area contributed by atoms with E-state index in [-0.39, 0.29) is 22.9 Å². The van der Waals surface area contributed by atoms with E-state index >= 15 is 0 Å². The van der Waals surface area contributed by atoms with Gasteiger partial charge < -0.3 is 14.4 Å². The molecule has 1 heterocycles. The van der Waals surface area contributed by atoms with Crippen molar-refractivity contribution in [1.29, 1.82) is 0 Å². The molecule has 180 valence electrons. The average Bonchev–Trinajstić information content (AvgIpc) is 2.81. The molecular formula is C25H29N3O6. The van der Waals surface area contributed by atoms with E-state index in [4.69, 9.17) is 4.74 Å². The Balaban J connectivity index is 1.67. The zero-order chi connectivity index (χ0) is 24.9. The van der Waals surface area contributed by atoms with Crippen LogP contribution in [-0.4, -0.2) is 53.9 Å². The molecule has 0 radical (unpaired) electrons. The lowest BCUT2D eigenvalue weighted by Crippen LogP contribution is -2.41. The molecule has 0 spiro atoms. The van der Waals surface area contributed by atoms with Gasteiger partial charge in [0.2, 0.25) is 0 Å². The number of likely N-dealkylation sites (tertiary alicyclic amines) is 1. The van der Waals surface area contributed by atoms with Crippen LogP contribution in [0.5, 0.6) is 0 Å². The van der Waals surface area contributed by atoms with Crippen molar-refractivity contribution in [3.8, 4) is 0 Å². The van der Waals surface area contributed by atoms with Gasteiger partial charge in [0.05, 0.1) is 23.3 Å². The summed E-state index contributed by atoms with van der Waals surface area (Å²) in [5.41, 5.74) is 1.03. The fourth-order valence-corrected chi connectivity index (χ4v) is 3.84. The number of benzene rings is 2. The molecule has 34 heavy (non-hydrogen) atoms. The molecule has 0 aromatic heterocycles. The van der Waals surface area contributed by atoms with Crippen LogP contribution in [0.2, 0.25) is 0 Å². The fraction of sp³-hybridized carbons (Fsp3) is 0.400. The highest BCUT2D eigenvalue weighted by Crippen LogP contribution is 2.30. The minimum Gasteiger partial charge on any atom is -0.465 e. The highest BCUT2D eigenvalue weighted by atomic mass is 16.6. The molecule has 2 aromatic carbocycles. The number of esters is 1. The van der Waals surface area contributed by atoms with Gasteiger partial charge in [0, 0.05) is 19.3 Å². The van der Waals surface area contributed by atoms with Crippen molar-refractivity contribution in [3.05, 3.63) is 69.3 Å². The number of ether oxygens (including phenoxy) is 2. The molecule has 1 fully saturated rings. The summed E-state index contributed by atoms with van der Waals surface area (Å²) in [5.74, 6) is -0.446. The first-order chi connectivity index (χ1) is 16.1. The van der Waals surface area contributed by atoms with Crippen LogP contribution in [0.25, 0.3) is 0 Å². The Morgan fingerprint density at radius 2 is 1.76 bits per heavy atom. The number of amides is 1. The Morgan fingerprint density at radius 3 is 2.32 bits per heavy atom. The normalized spacial score (nSPS) is 14.8. The number of piperidine rings is 1. The first kappa shape index (κ1) is 24.9. The number of nitro benzene ring substituents is 1. The third-order valence-corrected chi connectivity index (χ3v) is 5.52. The van der Waals surface area contributed by atoms with Crippen molar-refractivity contribution >= 4 is 29.7 Å². The molecule has 0 unspecified atom stereocenters. The van der Waals surface area contributed by atoms with Crippen molar-refractivity contribution in [2.75, 3.05) is 20.2 Å². The number of para-hydroxylation sites is 1. The summed E-state index contributed by atoms with van der Waals surface area (Å²) >= 11 is 0. The molecule has 0 saturated carbocycles. The van der Waals surface area contributed by atoms with Crippen molar-refractivity contribution in [3.63, 3.8) is 0 Å². The van der Waals surface area contributed by atoms with E-state index in [9.17, 15) is 19.7 Å². The molecule has 0 N–H and O–H groups in total. The number of aliphatic imine (C=N–C) groups is 1. The molecule has 3 rings (SSSR count).